The first-order chi connectivity index (χ1) is 51.7. The van der Waals surface area contributed by atoms with Gasteiger partial charge in [0.15, 0.2) is 0 Å². The number of aliphatic hydroxyl groups is 3. The Labute approximate surface area is 655 Å². The molecule has 13 nitrogen and oxygen atoms in total. The maximum Gasteiger partial charge on any atom is 0.303 e. The molecule has 0 unspecified atom stereocenters. The Kier molecular flexibility index (Phi) is 117. The molecule has 0 aliphatic rings. The average molecular weight is 1500 g/mol. The van der Waals surface area contributed by atoms with Gasteiger partial charge >= 0.3 is 29.8 Å². The maximum atomic E-state index is 10.3. The van der Waals surface area contributed by atoms with Crippen molar-refractivity contribution < 1.29 is 64.8 Å². The molecule has 0 aliphatic carbocycles. The van der Waals surface area contributed by atoms with Crippen LogP contribution in [-0.4, -0.2) is 90.0 Å². The molecular formula is C93H178O13. The van der Waals surface area contributed by atoms with E-state index in [0.29, 0.717) is 32.1 Å². The van der Waals surface area contributed by atoms with E-state index in [4.69, 9.17) is 40.9 Å². The van der Waals surface area contributed by atoms with Crippen LogP contribution in [0, 0.1) is 0 Å². The lowest BCUT2D eigenvalue weighted by Crippen LogP contribution is -2.15. The molecule has 0 aliphatic heterocycles. The number of unbranched alkanes of at least 4 members (excludes halogenated alkanes) is 55. The molecule has 106 heavy (non-hydrogen) atoms. The molecule has 0 saturated carbocycles. The minimum absolute atomic E-state index is 0.332. The summed E-state index contributed by atoms with van der Waals surface area (Å²) in [5, 5.41) is 66.6. The van der Waals surface area contributed by atoms with Crippen LogP contribution >= 0.6 is 0 Å². The Hall–Kier alpha value is -4.07. The molecule has 0 saturated heterocycles. The van der Waals surface area contributed by atoms with Gasteiger partial charge in [-0.15, -0.1) is 0 Å². The van der Waals surface area contributed by atoms with E-state index in [-0.39, 0.29) is 13.2 Å². The van der Waals surface area contributed by atoms with Gasteiger partial charge in [-0.2, -0.15) is 0 Å². The van der Waals surface area contributed by atoms with Gasteiger partial charge < -0.3 is 40.9 Å². The number of rotatable bonds is 77. The minimum Gasteiger partial charge on any atom is -0.481 e. The van der Waals surface area contributed by atoms with Crippen LogP contribution in [0.5, 0.6) is 0 Å². The first-order valence-corrected chi connectivity index (χ1v) is 44.9. The summed E-state index contributed by atoms with van der Waals surface area (Å²) in [6.45, 7) is 10.6. The Morgan fingerprint density at radius 1 is 0.189 bits per heavy atom. The van der Waals surface area contributed by atoms with Crippen molar-refractivity contribution in [1.29, 1.82) is 0 Å². The second kappa shape index (κ2) is 110. The molecule has 0 rings (SSSR count). The lowest BCUT2D eigenvalue weighted by molar-refractivity contribution is -0.138. The zero-order valence-electron chi connectivity index (χ0n) is 70.4. The largest absolute Gasteiger partial charge is 0.481 e. The second-order valence-electron chi connectivity index (χ2n) is 29.7. The number of allylic oxidation sites excluding steroid dienone is 10. The SMILES string of the molecule is CCCCCCCC/C=C\CCCCCCCC(=O)O.CCCCCCCC/C=C\CCCCCCCC(=O)O.CCCCCCCC/C=C\CCCCCCCC(=O)O.CCCCCCCC/C=C\CCCCCCCC(=O)O.CCCCCCCC/C=C\CCCCCCCC(=O)O.OCC(O)CO. The minimum atomic E-state index is -0.954. The highest BCUT2D eigenvalue weighted by Gasteiger charge is 2.02. The van der Waals surface area contributed by atoms with E-state index >= 15 is 0 Å². The fourth-order valence-corrected chi connectivity index (χ4v) is 11.8. The first-order valence-electron chi connectivity index (χ1n) is 44.9. The van der Waals surface area contributed by atoms with Gasteiger partial charge in [0.2, 0.25) is 0 Å². The van der Waals surface area contributed by atoms with Crippen LogP contribution in [0.25, 0.3) is 0 Å². The van der Waals surface area contributed by atoms with Crippen LogP contribution in [0.2, 0.25) is 0 Å². The predicted molar refractivity (Wildman–Crippen MR) is 456 cm³/mol. The molecule has 0 aromatic carbocycles. The molecule has 8 N–H and O–H groups in total. The number of hydrogen-bond donors (Lipinski definition) is 8. The standard InChI is InChI=1S/5C18H34O2.C3H8O3/c5*1-2-3-4-5-6-7-8-9-10-11-12-13-14-15-16-17-18(19)20;4-1-3(6)2-5/h5*9-10H,2-8,11-17H2,1H3,(H,19,20);3-6H,1-2H2/b5*10-9-;. The summed E-state index contributed by atoms with van der Waals surface area (Å²) < 4.78 is 0. The molecule has 0 spiro atoms. The molecule has 0 fully saturated rings. The number of aliphatic carboxylic acids is 5. The summed E-state index contributed by atoms with van der Waals surface area (Å²) in [4.78, 5) is 51.6. The quantitative estimate of drug-likeness (QED) is 0.0209. The summed E-state index contributed by atoms with van der Waals surface area (Å²) in [6, 6.07) is 0. The highest BCUT2D eigenvalue weighted by atomic mass is 16.4. The maximum absolute atomic E-state index is 10.3. The topological polar surface area (TPSA) is 247 Å². The zero-order chi connectivity index (χ0) is 79.4. The number of carboxylic acids is 5. The van der Waals surface area contributed by atoms with E-state index in [1.54, 1.807) is 0 Å². The van der Waals surface area contributed by atoms with Crippen LogP contribution in [0.15, 0.2) is 60.8 Å². The van der Waals surface area contributed by atoms with Crippen LogP contribution in [-0.2, 0) is 24.0 Å². The van der Waals surface area contributed by atoms with Crippen molar-refractivity contribution >= 4 is 29.8 Å². The third kappa shape index (κ3) is 136. The summed E-state index contributed by atoms with van der Waals surface area (Å²) in [7, 11) is 0. The number of carbonyl (C=O) groups is 5. The molecule has 0 atom stereocenters. The van der Waals surface area contributed by atoms with Gasteiger partial charge in [0, 0.05) is 32.1 Å². The molecule has 0 aromatic heterocycles. The van der Waals surface area contributed by atoms with Gasteiger partial charge in [0.25, 0.3) is 0 Å². The normalized spacial score (nSPS) is 11.2. The van der Waals surface area contributed by atoms with E-state index in [9.17, 15) is 24.0 Å². The Morgan fingerprint density at radius 2 is 0.292 bits per heavy atom. The molecule has 0 bridgehead atoms. The average Bonchev–Trinajstić information content (AvgIpc) is 3.87. The van der Waals surface area contributed by atoms with E-state index in [2.05, 4.69) is 95.4 Å². The lowest BCUT2D eigenvalue weighted by atomic mass is 10.1. The van der Waals surface area contributed by atoms with E-state index in [1.165, 1.54) is 353 Å². The third-order valence-electron chi connectivity index (χ3n) is 18.7. The molecule has 0 amide bonds. The highest BCUT2D eigenvalue weighted by Crippen LogP contribution is 2.16. The smallest absolute Gasteiger partial charge is 0.303 e. The predicted octanol–water partition coefficient (Wildman–Crippen LogP) is 28.9. The fourth-order valence-electron chi connectivity index (χ4n) is 11.8. The highest BCUT2D eigenvalue weighted by molar-refractivity contribution is 5.67. The molecule has 0 aromatic rings. The number of carboxylic acid groups (broad SMARTS) is 5. The Morgan fingerprint density at radius 3 is 0.387 bits per heavy atom. The fraction of sp³-hybridized carbons (Fsp3) is 0.839. The van der Waals surface area contributed by atoms with Crippen molar-refractivity contribution in [3.05, 3.63) is 60.8 Å². The van der Waals surface area contributed by atoms with Crippen LogP contribution in [0.1, 0.15) is 484 Å². The van der Waals surface area contributed by atoms with Crippen molar-refractivity contribution in [1.82, 2.24) is 0 Å². The van der Waals surface area contributed by atoms with E-state index in [1.807, 2.05) is 0 Å². The van der Waals surface area contributed by atoms with Gasteiger partial charge in [-0.25, -0.2) is 0 Å². The van der Waals surface area contributed by atoms with Gasteiger partial charge in [0.1, 0.15) is 6.10 Å². The molecule has 13 heteroatoms. The van der Waals surface area contributed by atoms with Gasteiger partial charge in [-0.05, 0) is 161 Å². The van der Waals surface area contributed by atoms with E-state index < -0.39 is 36.0 Å². The number of hydrogen-bond acceptors (Lipinski definition) is 8. The summed E-state index contributed by atoms with van der Waals surface area (Å²) >= 11 is 0. The summed E-state index contributed by atoms with van der Waals surface area (Å²) in [5.41, 5.74) is 0. The van der Waals surface area contributed by atoms with Crippen molar-refractivity contribution in [2.24, 2.45) is 0 Å². The van der Waals surface area contributed by atoms with Gasteiger partial charge in [-0.3, -0.25) is 24.0 Å². The second-order valence-corrected chi connectivity index (χ2v) is 29.7. The molecular weight excluding hydrogens is 1330 g/mol. The molecule has 0 heterocycles. The zero-order valence-corrected chi connectivity index (χ0v) is 70.4. The molecule has 628 valence electrons. The monoisotopic (exact) mass is 1500 g/mol. The van der Waals surface area contributed by atoms with Crippen molar-refractivity contribution in [2.45, 2.75) is 490 Å². The number of aliphatic hydroxyl groups excluding tert-OH is 3. The van der Waals surface area contributed by atoms with Crippen molar-refractivity contribution in [2.75, 3.05) is 13.2 Å². The molecule has 0 radical (unpaired) electrons. The van der Waals surface area contributed by atoms with Crippen LogP contribution < -0.4 is 0 Å². The van der Waals surface area contributed by atoms with Crippen LogP contribution in [0.3, 0.4) is 0 Å². The lowest BCUT2D eigenvalue weighted by Gasteiger charge is -1.99. The summed E-state index contributed by atoms with van der Waals surface area (Å²) in [6.07, 6.45) is 105. The van der Waals surface area contributed by atoms with Crippen molar-refractivity contribution in [3.63, 3.8) is 0 Å². The summed E-state index contributed by atoms with van der Waals surface area (Å²) in [5.74, 6) is -3.32. The van der Waals surface area contributed by atoms with Gasteiger partial charge in [-0.1, -0.05) is 352 Å². The Balaban J connectivity index is -0.000000289. The Bertz CT molecular complexity index is 1550. The third-order valence-corrected chi connectivity index (χ3v) is 18.7. The van der Waals surface area contributed by atoms with Crippen molar-refractivity contribution in [3.8, 4) is 0 Å². The van der Waals surface area contributed by atoms with E-state index in [0.717, 1.165) is 64.2 Å². The van der Waals surface area contributed by atoms with Gasteiger partial charge in [0.05, 0.1) is 13.2 Å². The van der Waals surface area contributed by atoms with Crippen LogP contribution in [0.4, 0.5) is 0 Å². The first kappa shape index (κ1) is 113.